The fraction of sp³-hybridized carbons (Fsp3) is 0.364. The maximum absolute atomic E-state index is 11.6. The van der Waals surface area contributed by atoms with Crippen LogP contribution in [0.3, 0.4) is 0 Å². The van der Waals surface area contributed by atoms with Gasteiger partial charge in [0.05, 0.1) is 0 Å². The lowest BCUT2D eigenvalue weighted by Crippen LogP contribution is -2.00. The lowest BCUT2D eigenvalue weighted by atomic mass is 10.1. The topological polar surface area (TPSA) is 17.1 Å². The molecular weight excluding hydrogens is 180 g/mol. The van der Waals surface area contributed by atoms with Gasteiger partial charge in [-0.3, -0.25) is 4.79 Å². The van der Waals surface area contributed by atoms with Gasteiger partial charge in [0, 0.05) is 16.4 Å². The Kier molecular flexibility index (Phi) is 2.40. The van der Waals surface area contributed by atoms with E-state index in [0.29, 0.717) is 11.7 Å². The maximum Gasteiger partial charge on any atom is 0.165 e. The van der Waals surface area contributed by atoms with Gasteiger partial charge in [-0.15, -0.1) is 11.8 Å². The van der Waals surface area contributed by atoms with Crippen molar-refractivity contribution in [3.05, 3.63) is 29.8 Å². The highest BCUT2D eigenvalue weighted by Gasteiger charge is 2.30. The number of ketones is 1. The molecule has 0 saturated heterocycles. The van der Waals surface area contributed by atoms with E-state index in [2.05, 4.69) is 0 Å². The van der Waals surface area contributed by atoms with Crippen LogP contribution in [-0.2, 0) is 0 Å². The van der Waals surface area contributed by atoms with Crippen LogP contribution in [0.15, 0.2) is 29.2 Å². The predicted molar refractivity (Wildman–Crippen MR) is 55.3 cm³/mol. The zero-order valence-corrected chi connectivity index (χ0v) is 8.43. The van der Waals surface area contributed by atoms with E-state index in [0.717, 1.165) is 18.4 Å². The molecule has 0 aliphatic heterocycles. The van der Waals surface area contributed by atoms with Gasteiger partial charge < -0.3 is 0 Å². The molecule has 1 fully saturated rings. The second-order valence-electron chi connectivity index (χ2n) is 3.37. The van der Waals surface area contributed by atoms with Gasteiger partial charge in [-0.1, -0.05) is 12.1 Å². The fourth-order valence-electron chi connectivity index (χ4n) is 1.34. The predicted octanol–water partition coefficient (Wildman–Crippen LogP) is 3.00. The highest BCUT2D eigenvalue weighted by molar-refractivity contribution is 7.98. The molecule has 0 bridgehead atoms. The third-order valence-corrected chi connectivity index (χ3v) is 3.07. The molecular formula is C11H12OS. The van der Waals surface area contributed by atoms with Gasteiger partial charge in [0.25, 0.3) is 0 Å². The molecule has 0 spiro atoms. The third kappa shape index (κ3) is 1.94. The summed E-state index contributed by atoms with van der Waals surface area (Å²) in [6.45, 7) is 0. The molecule has 1 aliphatic carbocycles. The van der Waals surface area contributed by atoms with Gasteiger partial charge in [0.15, 0.2) is 5.78 Å². The highest BCUT2D eigenvalue weighted by atomic mass is 32.2. The molecule has 1 aliphatic rings. The van der Waals surface area contributed by atoms with Crippen LogP contribution in [-0.4, -0.2) is 12.0 Å². The molecule has 0 N–H and O–H groups in total. The number of carbonyl (C=O) groups excluding carboxylic acids is 1. The summed E-state index contributed by atoms with van der Waals surface area (Å²) in [5.41, 5.74) is 0.875. The van der Waals surface area contributed by atoms with Crippen molar-refractivity contribution in [2.24, 2.45) is 5.92 Å². The van der Waals surface area contributed by atoms with Gasteiger partial charge in [0.1, 0.15) is 0 Å². The molecule has 0 heterocycles. The number of rotatable bonds is 3. The van der Waals surface area contributed by atoms with Crippen molar-refractivity contribution in [2.45, 2.75) is 17.7 Å². The smallest absolute Gasteiger partial charge is 0.165 e. The molecule has 1 aromatic carbocycles. The molecule has 2 heteroatoms. The van der Waals surface area contributed by atoms with Crippen molar-refractivity contribution in [2.75, 3.05) is 6.26 Å². The van der Waals surface area contributed by atoms with Crippen LogP contribution in [0, 0.1) is 5.92 Å². The number of Topliss-reactive ketones (excluding diaryl/α,β-unsaturated/α-hetero) is 1. The zero-order chi connectivity index (χ0) is 9.26. The minimum atomic E-state index is 0.327. The van der Waals surface area contributed by atoms with E-state index in [4.69, 9.17) is 0 Å². The largest absolute Gasteiger partial charge is 0.294 e. The lowest BCUT2D eigenvalue weighted by molar-refractivity contribution is 0.0967. The number of hydrogen-bond donors (Lipinski definition) is 0. The number of thioether (sulfide) groups is 1. The maximum atomic E-state index is 11.6. The third-order valence-electron chi connectivity index (χ3n) is 2.32. The Balaban J connectivity index is 2.16. The Morgan fingerprint density at radius 1 is 1.31 bits per heavy atom. The van der Waals surface area contributed by atoms with Crippen molar-refractivity contribution in [3.8, 4) is 0 Å². The van der Waals surface area contributed by atoms with Crippen molar-refractivity contribution in [1.82, 2.24) is 0 Å². The average Bonchev–Trinajstić information content (AvgIpc) is 3.00. The van der Waals surface area contributed by atoms with Crippen molar-refractivity contribution in [3.63, 3.8) is 0 Å². The van der Waals surface area contributed by atoms with Gasteiger partial charge in [-0.05, 0) is 31.2 Å². The monoisotopic (exact) mass is 192 g/mol. The standard InChI is InChI=1S/C11H12OS/c1-13-10-6-4-9(5-7-10)11(12)8-2-3-8/h4-8H,2-3H2,1H3. The van der Waals surface area contributed by atoms with Crippen LogP contribution in [0.4, 0.5) is 0 Å². The van der Waals surface area contributed by atoms with Gasteiger partial charge in [-0.25, -0.2) is 0 Å². The quantitative estimate of drug-likeness (QED) is 0.541. The summed E-state index contributed by atoms with van der Waals surface area (Å²) in [5, 5.41) is 0. The molecule has 0 atom stereocenters. The summed E-state index contributed by atoms with van der Waals surface area (Å²) < 4.78 is 0. The minimum Gasteiger partial charge on any atom is -0.294 e. The van der Waals surface area contributed by atoms with Gasteiger partial charge >= 0.3 is 0 Å². The molecule has 0 radical (unpaired) electrons. The number of hydrogen-bond acceptors (Lipinski definition) is 2. The first-order valence-corrected chi connectivity index (χ1v) is 5.72. The van der Waals surface area contributed by atoms with E-state index < -0.39 is 0 Å². The van der Waals surface area contributed by atoms with E-state index in [1.807, 2.05) is 30.5 Å². The van der Waals surface area contributed by atoms with E-state index in [1.165, 1.54) is 4.90 Å². The molecule has 0 aromatic heterocycles. The number of carbonyl (C=O) groups is 1. The van der Waals surface area contributed by atoms with E-state index >= 15 is 0 Å². The zero-order valence-electron chi connectivity index (χ0n) is 7.62. The lowest BCUT2D eigenvalue weighted by Gasteiger charge is -1.99. The van der Waals surface area contributed by atoms with Gasteiger partial charge in [-0.2, -0.15) is 0 Å². The molecule has 68 valence electrons. The van der Waals surface area contributed by atoms with E-state index in [1.54, 1.807) is 11.8 Å². The van der Waals surface area contributed by atoms with Crippen LogP contribution in [0.5, 0.6) is 0 Å². The molecule has 0 unspecified atom stereocenters. The van der Waals surface area contributed by atoms with Crippen molar-refractivity contribution in [1.29, 1.82) is 0 Å². The Labute approximate surface area is 82.5 Å². The second-order valence-corrected chi connectivity index (χ2v) is 4.25. The van der Waals surface area contributed by atoms with Crippen LogP contribution >= 0.6 is 11.8 Å². The molecule has 1 saturated carbocycles. The Morgan fingerprint density at radius 2 is 1.92 bits per heavy atom. The second kappa shape index (κ2) is 3.54. The Morgan fingerprint density at radius 3 is 2.38 bits per heavy atom. The summed E-state index contributed by atoms with van der Waals surface area (Å²) in [6.07, 6.45) is 4.21. The van der Waals surface area contributed by atoms with Crippen molar-refractivity contribution >= 4 is 17.5 Å². The SMILES string of the molecule is CSc1ccc(C(=O)C2CC2)cc1. The highest BCUT2D eigenvalue weighted by Crippen LogP contribution is 2.32. The summed E-state index contributed by atoms with van der Waals surface area (Å²) in [7, 11) is 0. The first-order chi connectivity index (χ1) is 6.31. The van der Waals surface area contributed by atoms with Crippen LogP contribution in [0.2, 0.25) is 0 Å². The number of benzene rings is 1. The summed E-state index contributed by atoms with van der Waals surface area (Å²) in [6, 6.07) is 7.90. The summed E-state index contributed by atoms with van der Waals surface area (Å²) >= 11 is 1.70. The van der Waals surface area contributed by atoms with Gasteiger partial charge in [0.2, 0.25) is 0 Å². The van der Waals surface area contributed by atoms with E-state index in [-0.39, 0.29) is 0 Å². The van der Waals surface area contributed by atoms with Crippen LogP contribution < -0.4 is 0 Å². The Hall–Kier alpha value is -0.760. The fourth-order valence-corrected chi connectivity index (χ4v) is 1.74. The van der Waals surface area contributed by atoms with Crippen LogP contribution in [0.1, 0.15) is 23.2 Å². The molecule has 1 nitrogen and oxygen atoms in total. The summed E-state index contributed by atoms with van der Waals surface area (Å²) in [4.78, 5) is 12.8. The van der Waals surface area contributed by atoms with Crippen LogP contribution in [0.25, 0.3) is 0 Å². The summed E-state index contributed by atoms with van der Waals surface area (Å²) in [5.74, 6) is 0.660. The average molecular weight is 192 g/mol. The first-order valence-electron chi connectivity index (χ1n) is 4.49. The molecule has 13 heavy (non-hydrogen) atoms. The van der Waals surface area contributed by atoms with E-state index in [9.17, 15) is 4.79 Å². The first kappa shape index (κ1) is 8.82. The normalized spacial score (nSPS) is 15.8. The molecule has 0 amide bonds. The van der Waals surface area contributed by atoms with Crippen molar-refractivity contribution < 1.29 is 4.79 Å². The minimum absolute atomic E-state index is 0.327. The molecule has 2 rings (SSSR count). The molecule has 1 aromatic rings. The Bertz CT molecular complexity index is 311.